The Kier molecular flexibility index (Phi) is 4.93. The second kappa shape index (κ2) is 5.47. The molecule has 0 amide bonds. The van der Waals surface area contributed by atoms with Gasteiger partial charge in [-0.1, -0.05) is 43.1 Å². The fourth-order valence-corrected chi connectivity index (χ4v) is 1.06. The van der Waals surface area contributed by atoms with E-state index in [1.807, 2.05) is 6.08 Å². The van der Waals surface area contributed by atoms with Gasteiger partial charge in [0.1, 0.15) is 0 Å². The van der Waals surface area contributed by atoms with Gasteiger partial charge < -0.3 is 0 Å². The Morgan fingerprint density at radius 3 is 2.08 bits per heavy atom. The molecule has 0 fully saturated rings. The van der Waals surface area contributed by atoms with Gasteiger partial charge in [0, 0.05) is 0 Å². The molecule has 0 saturated heterocycles. The predicted molar refractivity (Wildman–Crippen MR) is 58.2 cm³/mol. The van der Waals surface area contributed by atoms with E-state index >= 15 is 0 Å². The number of hydrogen-bond donors (Lipinski definition) is 0. The Morgan fingerprint density at radius 2 is 1.58 bits per heavy atom. The van der Waals surface area contributed by atoms with Gasteiger partial charge in [0.25, 0.3) is 0 Å². The molecule has 0 spiro atoms. The second-order valence-electron chi connectivity index (χ2n) is 3.49. The van der Waals surface area contributed by atoms with Crippen LogP contribution in [0.3, 0.4) is 0 Å². The molecule has 0 aromatic rings. The smallest absolute Gasteiger partial charge is 0.0695 e. The summed E-state index contributed by atoms with van der Waals surface area (Å²) in [5.74, 6) is 8.10. The van der Waals surface area contributed by atoms with E-state index in [-0.39, 0.29) is 0 Å². The maximum absolute atomic E-state index is 5.00. The summed E-state index contributed by atoms with van der Waals surface area (Å²) in [6, 6.07) is 0. The Balaban J connectivity index is 3.97. The molecule has 0 aromatic carbocycles. The molecule has 1 heteroatoms. The Hall–Kier alpha value is -1.18. The van der Waals surface area contributed by atoms with Gasteiger partial charge in [-0.15, -0.1) is 6.42 Å². The van der Waals surface area contributed by atoms with Crippen molar-refractivity contribution in [2.24, 2.45) is 0 Å². The van der Waals surface area contributed by atoms with Crippen LogP contribution in [0.2, 0.25) is 19.6 Å². The standard InChI is InChI=1S/C11H14Si/c1-5-6-7-8-9-10-11-12(2,3)4/h1,6-7,10-11H,2-4H3/b7-6+,11-10+. The molecular formula is C11H14Si. The lowest BCUT2D eigenvalue weighted by Gasteiger charge is -2.05. The van der Waals surface area contributed by atoms with E-state index in [2.05, 4.69) is 43.1 Å². The zero-order chi connectivity index (χ0) is 9.45. The van der Waals surface area contributed by atoms with Gasteiger partial charge in [0.15, 0.2) is 0 Å². The van der Waals surface area contributed by atoms with Crippen LogP contribution in [0.25, 0.3) is 0 Å². The van der Waals surface area contributed by atoms with E-state index in [0.717, 1.165) is 0 Å². The van der Waals surface area contributed by atoms with Gasteiger partial charge in [-0.05, 0) is 18.2 Å². The highest BCUT2D eigenvalue weighted by atomic mass is 28.3. The molecule has 0 heterocycles. The molecule has 0 radical (unpaired) electrons. The lowest BCUT2D eigenvalue weighted by atomic mass is 10.5. The van der Waals surface area contributed by atoms with Crippen LogP contribution in [-0.4, -0.2) is 8.07 Å². The summed E-state index contributed by atoms with van der Waals surface area (Å²) >= 11 is 0. The molecule has 0 aromatic heterocycles. The highest BCUT2D eigenvalue weighted by Gasteiger charge is 2.05. The largest absolute Gasteiger partial charge is 0.115 e. The van der Waals surface area contributed by atoms with E-state index in [1.54, 1.807) is 12.2 Å². The topological polar surface area (TPSA) is 0 Å². The van der Waals surface area contributed by atoms with Crippen molar-refractivity contribution in [1.82, 2.24) is 0 Å². The lowest BCUT2D eigenvalue weighted by Crippen LogP contribution is -2.14. The number of hydrogen-bond acceptors (Lipinski definition) is 0. The molecule has 0 bridgehead atoms. The third-order valence-electron chi connectivity index (χ3n) is 1.01. The van der Waals surface area contributed by atoms with Crippen molar-refractivity contribution in [3.8, 4) is 24.2 Å². The van der Waals surface area contributed by atoms with Gasteiger partial charge in [-0.25, -0.2) is 0 Å². The van der Waals surface area contributed by atoms with Crippen LogP contribution >= 0.6 is 0 Å². The van der Waals surface area contributed by atoms with E-state index < -0.39 is 8.07 Å². The summed E-state index contributed by atoms with van der Waals surface area (Å²) in [5.41, 5.74) is 2.20. The van der Waals surface area contributed by atoms with E-state index in [0.29, 0.717) is 0 Å². The molecule has 12 heavy (non-hydrogen) atoms. The number of allylic oxidation sites excluding steroid dienone is 3. The Bertz CT molecular complexity index is 271. The van der Waals surface area contributed by atoms with Crippen molar-refractivity contribution < 1.29 is 0 Å². The summed E-state index contributed by atoms with van der Waals surface area (Å²) in [4.78, 5) is 0. The first-order valence-electron chi connectivity index (χ1n) is 3.86. The predicted octanol–water partition coefficient (Wildman–Crippen LogP) is 2.61. The van der Waals surface area contributed by atoms with Crippen LogP contribution in [0.4, 0.5) is 0 Å². The fraction of sp³-hybridized carbons (Fsp3) is 0.273. The highest BCUT2D eigenvalue weighted by molar-refractivity contribution is 6.81. The maximum Gasteiger partial charge on any atom is 0.0695 e. The molecule has 0 aliphatic heterocycles. The minimum Gasteiger partial charge on any atom is -0.115 e. The summed E-state index contributed by atoms with van der Waals surface area (Å²) in [5, 5.41) is 0. The van der Waals surface area contributed by atoms with Crippen LogP contribution < -0.4 is 0 Å². The fourth-order valence-electron chi connectivity index (χ4n) is 0.478. The molecular weight excluding hydrogens is 160 g/mol. The molecule has 0 atom stereocenters. The van der Waals surface area contributed by atoms with Crippen LogP contribution in [-0.2, 0) is 0 Å². The number of terminal acetylenes is 1. The van der Waals surface area contributed by atoms with Crippen LogP contribution in [0.5, 0.6) is 0 Å². The first kappa shape index (κ1) is 10.8. The highest BCUT2D eigenvalue weighted by Crippen LogP contribution is 2.00. The van der Waals surface area contributed by atoms with Crippen LogP contribution in [0.15, 0.2) is 23.9 Å². The molecule has 62 valence electrons. The zero-order valence-corrected chi connectivity index (χ0v) is 8.89. The molecule has 0 unspecified atom stereocenters. The molecule has 0 nitrogen and oxygen atoms in total. The van der Waals surface area contributed by atoms with Crippen molar-refractivity contribution in [3.05, 3.63) is 23.9 Å². The van der Waals surface area contributed by atoms with Crippen molar-refractivity contribution in [3.63, 3.8) is 0 Å². The first-order chi connectivity index (χ1) is 5.56. The monoisotopic (exact) mass is 174 g/mol. The van der Waals surface area contributed by atoms with Crippen molar-refractivity contribution in [2.45, 2.75) is 19.6 Å². The third kappa shape index (κ3) is 8.82. The van der Waals surface area contributed by atoms with Crippen molar-refractivity contribution in [2.75, 3.05) is 0 Å². The van der Waals surface area contributed by atoms with Gasteiger partial charge in [-0.3, -0.25) is 0 Å². The molecule has 0 aliphatic carbocycles. The molecule has 0 N–H and O–H groups in total. The average Bonchev–Trinajstić information content (AvgIpc) is 1.94. The van der Waals surface area contributed by atoms with Gasteiger partial charge >= 0.3 is 0 Å². The summed E-state index contributed by atoms with van der Waals surface area (Å²) < 4.78 is 0. The summed E-state index contributed by atoms with van der Waals surface area (Å²) in [6.45, 7) is 6.80. The van der Waals surface area contributed by atoms with Crippen molar-refractivity contribution in [1.29, 1.82) is 0 Å². The second-order valence-corrected chi connectivity index (χ2v) is 8.55. The summed E-state index contributed by atoms with van der Waals surface area (Å²) in [7, 11) is -1.07. The number of rotatable bonds is 1. The zero-order valence-electron chi connectivity index (χ0n) is 7.89. The third-order valence-corrected chi connectivity index (χ3v) is 2.18. The Morgan fingerprint density at radius 1 is 1.00 bits per heavy atom. The summed E-state index contributed by atoms with van der Waals surface area (Å²) in [6.07, 6.45) is 10.2. The van der Waals surface area contributed by atoms with Crippen LogP contribution in [0.1, 0.15) is 0 Å². The lowest BCUT2D eigenvalue weighted by molar-refractivity contribution is 1.77. The first-order valence-corrected chi connectivity index (χ1v) is 7.44. The molecule has 0 saturated carbocycles. The van der Waals surface area contributed by atoms with Crippen molar-refractivity contribution >= 4 is 8.07 Å². The van der Waals surface area contributed by atoms with E-state index in [9.17, 15) is 0 Å². The normalized spacial score (nSPS) is 11.2. The quantitative estimate of drug-likeness (QED) is 0.423. The minimum absolute atomic E-state index is 1.07. The average molecular weight is 174 g/mol. The molecule has 0 rings (SSSR count). The van der Waals surface area contributed by atoms with Gasteiger partial charge in [0.2, 0.25) is 0 Å². The SMILES string of the molecule is C#C/C=C/C#C/C=C/[Si](C)(C)C. The molecule has 0 aliphatic rings. The van der Waals surface area contributed by atoms with E-state index in [1.165, 1.54) is 0 Å². The van der Waals surface area contributed by atoms with E-state index in [4.69, 9.17) is 6.42 Å². The Labute approximate surface area is 76.4 Å². The van der Waals surface area contributed by atoms with Gasteiger partial charge in [0.05, 0.1) is 8.07 Å². The van der Waals surface area contributed by atoms with Crippen LogP contribution in [0, 0.1) is 24.2 Å². The maximum atomic E-state index is 5.00. The van der Waals surface area contributed by atoms with Gasteiger partial charge in [-0.2, -0.15) is 0 Å². The minimum atomic E-state index is -1.07.